The van der Waals surface area contributed by atoms with Gasteiger partial charge in [-0.05, 0) is 85.2 Å². The fourth-order valence-electron chi connectivity index (χ4n) is 8.28. The van der Waals surface area contributed by atoms with E-state index in [1.165, 1.54) is 24.3 Å². The summed E-state index contributed by atoms with van der Waals surface area (Å²) in [6, 6.07) is 10.7. The van der Waals surface area contributed by atoms with Gasteiger partial charge in [0.1, 0.15) is 54.1 Å². The first-order valence-corrected chi connectivity index (χ1v) is 26.6. The third-order valence-electron chi connectivity index (χ3n) is 13.0. The molecule has 80 heavy (non-hydrogen) atoms. The first-order chi connectivity index (χ1) is 37.8. The van der Waals surface area contributed by atoms with Crippen molar-refractivity contribution in [2.45, 2.75) is 147 Å². The van der Waals surface area contributed by atoms with Crippen molar-refractivity contribution in [1.82, 2.24) is 42.5 Å². The van der Waals surface area contributed by atoms with E-state index in [4.69, 9.17) is 11.5 Å². The van der Waals surface area contributed by atoms with Gasteiger partial charge < -0.3 is 74.4 Å². The Kier molecular flexibility index (Phi) is 27.7. The van der Waals surface area contributed by atoms with Crippen LogP contribution in [0.5, 0.6) is 5.75 Å². The Morgan fingerprint density at radius 2 is 0.812 bits per heavy atom. The van der Waals surface area contributed by atoms with Crippen molar-refractivity contribution in [1.29, 1.82) is 0 Å². The minimum Gasteiger partial charge on any atom is -0.508 e. The minimum absolute atomic E-state index is 0.0590. The molecule has 3 aromatic carbocycles. The van der Waals surface area contributed by atoms with Gasteiger partial charge in [-0.3, -0.25) is 43.2 Å². The summed E-state index contributed by atoms with van der Waals surface area (Å²) < 4.78 is 0. The molecule has 24 heteroatoms. The largest absolute Gasteiger partial charge is 0.508 e. The highest BCUT2D eigenvalue weighted by Crippen LogP contribution is 2.15. The number of aromatic hydroxyl groups is 1. The van der Waals surface area contributed by atoms with E-state index in [2.05, 4.69) is 42.5 Å². The Labute approximate surface area is 465 Å². The maximum absolute atomic E-state index is 14.4. The molecule has 0 heterocycles. The summed E-state index contributed by atoms with van der Waals surface area (Å²) in [5.74, 6) is -11.5. The van der Waals surface area contributed by atoms with Crippen molar-refractivity contribution in [3.63, 3.8) is 0 Å². The van der Waals surface area contributed by atoms with Crippen LogP contribution in [0.25, 0.3) is 0 Å². The van der Waals surface area contributed by atoms with Gasteiger partial charge >= 0.3 is 11.9 Å². The van der Waals surface area contributed by atoms with Crippen LogP contribution < -0.4 is 54.0 Å². The van der Waals surface area contributed by atoms with Crippen molar-refractivity contribution in [3.8, 4) is 5.75 Å². The highest BCUT2D eigenvalue weighted by molar-refractivity contribution is 5.98. The van der Waals surface area contributed by atoms with Gasteiger partial charge in [0.15, 0.2) is 0 Å². The zero-order valence-corrected chi connectivity index (χ0v) is 46.1. The lowest BCUT2D eigenvalue weighted by Crippen LogP contribution is -2.62. The zero-order chi connectivity index (χ0) is 59.6. The molecule has 16 N–H and O–H groups in total. The topological polar surface area (TPSA) is 400 Å². The lowest BCUT2D eigenvalue weighted by Gasteiger charge is -2.29. The number of benzene rings is 3. The fourth-order valence-corrected chi connectivity index (χ4v) is 8.28. The number of carboxylic acid groups (broad SMARTS) is 2. The molecule has 3 rings (SSSR count). The summed E-state index contributed by atoms with van der Waals surface area (Å²) in [4.78, 5) is 135. The molecule has 0 aliphatic carbocycles. The fraction of sp³-hybridized carbons (Fsp3) is 0.500. The number of phenols is 1. The highest BCUT2D eigenvalue weighted by atomic mass is 16.4. The van der Waals surface area contributed by atoms with Gasteiger partial charge in [0.2, 0.25) is 47.3 Å². The molecule has 24 nitrogen and oxygen atoms in total. The van der Waals surface area contributed by atoms with Crippen LogP contribution in [0.1, 0.15) is 90.3 Å². The normalized spacial score (nSPS) is 14.6. The van der Waals surface area contributed by atoms with Crippen LogP contribution in [0.4, 0.5) is 0 Å². The smallest absolute Gasteiger partial charge is 0.326 e. The van der Waals surface area contributed by atoms with Crippen molar-refractivity contribution in [2.24, 2.45) is 29.2 Å². The summed E-state index contributed by atoms with van der Waals surface area (Å²) in [6.45, 7) is 8.87. The van der Waals surface area contributed by atoms with Crippen LogP contribution in [-0.4, -0.2) is 147 Å². The molecule has 0 saturated heterocycles. The molecule has 8 amide bonds. The van der Waals surface area contributed by atoms with Crippen molar-refractivity contribution >= 4 is 59.2 Å². The lowest BCUT2D eigenvalue weighted by molar-refractivity contribution is -0.143. The van der Waals surface area contributed by atoms with Crippen LogP contribution in [0.3, 0.4) is 0 Å². The number of nitrogens with two attached hydrogens (primary N) is 2. The first kappa shape index (κ1) is 66.3. The van der Waals surface area contributed by atoms with Crippen molar-refractivity contribution < 1.29 is 68.4 Å². The van der Waals surface area contributed by atoms with E-state index in [1.54, 1.807) is 102 Å². The summed E-state index contributed by atoms with van der Waals surface area (Å²) in [6.07, 6.45) is -0.679. The predicted molar refractivity (Wildman–Crippen MR) is 295 cm³/mol. The molecule has 0 fully saturated rings. The van der Waals surface area contributed by atoms with Gasteiger partial charge in [0, 0.05) is 19.3 Å². The number of carbonyl (C=O) groups is 10. The molecule has 0 saturated carbocycles. The molecule has 438 valence electrons. The van der Waals surface area contributed by atoms with Gasteiger partial charge in [-0.1, -0.05) is 114 Å². The average molecular weight is 1120 g/mol. The van der Waals surface area contributed by atoms with E-state index >= 15 is 0 Å². The van der Waals surface area contributed by atoms with Gasteiger partial charge in [0.05, 0.1) is 12.6 Å². The Bertz CT molecular complexity index is 2530. The van der Waals surface area contributed by atoms with Crippen LogP contribution >= 0.6 is 0 Å². The Balaban J connectivity index is 1.87. The van der Waals surface area contributed by atoms with Crippen LogP contribution in [0, 0.1) is 17.8 Å². The maximum Gasteiger partial charge on any atom is 0.326 e. The SMILES string of the molecule is CC(C)[C@H](NC(=O)[C@H](Cc1ccc(O)cc1)NC(=O)[C@H](Cc1ccccc1)NC(=O)[C@@H](NC(=O)[C@H](CCCCN)NC(=O)[C@H](CCC(=O)O)NC(=O)[C@H](CO)NC(=O)[C@@H](NC(=O)[C@@H](N)Cc1ccccc1)C(C)C)C(C)C)C(=O)O. The molecule has 0 aliphatic heterocycles. The first-order valence-electron chi connectivity index (χ1n) is 26.6. The summed E-state index contributed by atoms with van der Waals surface area (Å²) in [5, 5.41) is 60.0. The van der Waals surface area contributed by atoms with E-state index in [0.29, 0.717) is 17.5 Å². The number of aliphatic hydroxyl groups is 1. The van der Waals surface area contributed by atoms with Gasteiger partial charge in [-0.25, -0.2) is 4.79 Å². The van der Waals surface area contributed by atoms with E-state index < -0.39 is 151 Å². The van der Waals surface area contributed by atoms with Gasteiger partial charge in [0.25, 0.3) is 0 Å². The summed E-state index contributed by atoms with van der Waals surface area (Å²) in [7, 11) is 0. The quantitative estimate of drug-likeness (QED) is 0.0340. The van der Waals surface area contributed by atoms with Crippen LogP contribution in [0.15, 0.2) is 84.9 Å². The molecule has 9 atom stereocenters. The number of hydrogen-bond acceptors (Lipinski definition) is 14. The van der Waals surface area contributed by atoms with E-state index in [9.17, 15) is 68.4 Å². The number of phenolic OH excluding ortho intramolecular Hbond substituents is 1. The molecular weight excluding hydrogens is 1040 g/mol. The third kappa shape index (κ3) is 22.4. The Morgan fingerprint density at radius 1 is 0.438 bits per heavy atom. The number of amides is 8. The zero-order valence-electron chi connectivity index (χ0n) is 46.1. The second-order valence-corrected chi connectivity index (χ2v) is 20.6. The van der Waals surface area contributed by atoms with E-state index in [-0.39, 0.29) is 44.4 Å². The molecule has 0 radical (unpaired) electrons. The molecule has 0 bridgehead atoms. The van der Waals surface area contributed by atoms with Crippen molar-refractivity contribution in [3.05, 3.63) is 102 Å². The predicted octanol–water partition coefficient (Wildman–Crippen LogP) is -0.336. The molecule has 0 unspecified atom stereocenters. The Hall–Kier alpha value is -7.96. The van der Waals surface area contributed by atoms with Crippen LogP contribution in [0.2, 0.25) is 0 Å². The minimum atomic E-state index is -1.71. The number of hydrogen-bond donors (Lipinski definition) is 14. The number of unbranched alkanes of at least 4 members (excludes halogenated alkanes) is 1. The highest BCUT2D eigenvalue weighted by Gasteiger charge is 2.37. The third-order valence-corrected chi connectivity index (χ3v) is 13.0. The number of carbonyl (C=O) groups excluding carboxylic acids is 8. The van der Waals surface area contributed by atoms with Gasteiger partial charge in [-0.2, -0.15) is 0 Å². The number of nitrogens with one attached hydrogen (secondary N) is 8. The monoisotopic (exact) mass is 1120 g/mol. The number of carboxylic acids is 2. The molecule has 0 spiro atoms. The molecule has 0 aromatic heterocycles. The van der Waals surface area contributed by atoms with Crippen LogP contribution in [-0.2, 0) is 67.2 Å². The second kappa shape index (κ2) is 33.5. The van der Waals surface area contributed by atoms with E-state index in [0.717, 1.165) is 5.56 Å². The summed E-state index contributed by atoms with van der Waals surface area (Å²) >= 11 is 0. The number of aliphatic carboxylic acids is 2. The average Bonchev–Trinajstić information content (AvgIpc) is 3.40. The molecule has 3 aromatic rings. The molecular formula is C56H80N10O14. The molecule has 0 aliphatic rings. The van der Waals surface area contributed by atoms with E-state index in [1.807, 2.05) is 0 Å². The second-order valence-electron chi connectivity index (χ2n) is 20.6. The maximum atomic E-state index is 14.4. The van der Waals surface area contributed by atoms with Crippen molar-refractivity contribution in [2.75, 3.05) is 13.2 Å². The Morgan fingerprint density at radius 3 is 1.27 bits per heavy atom. The standard InChI is InChI=1S/C56H80N10O14/c1-31(2)45(64-48(71)38(58)27-34-15-9-7-10-16-34)55(78)63-43(30-67)53(76)60-40(24-25-44(69)70)49(72)59-39(19-13-14-26-57)50(73)65-46(32(3)4)54(77)62-41(28-35-17-11-8-12-18-35)51(74)61-42(29-36-20-22-37(68)23-21-36)52(75)66-47(33(5)6)56(79)80/h7-12,15-18,20-23,31-33,38-43,45-47,67-68H,13-14,19,24-30,57-58H2,1-6H3,(H,59,72)(H,60,76)(H,61,74)(H,62,77)(H,63,78)(H,64,71)(H,65,73)(H,66,75)(H,69,70)(H,79,80)/t38-,39-,40-,41-,42-,43-,45-,46-,47-/m0/s1. The number of rotatable bonds is 34. The summed E-state index contributed by atoms with van der Waals surface area (Å²) in [5.41, 5.74) is 13.8. The lowest BCUT2D eigenvalue weighted by atomic mass is 9.99. The number of aliphatic hydroxyl groups excluding tert-OH is 1. The van der Waals surface area contributed by atoms with Gasteiger partial charge in [-0.15, -0.1) is 0 Å².